The topological polar surface area (TPSA) is 90.1 Å². The number of nitro groups is 1. The van der Waals surface area contributed by atoms with Gasteiger partial charge in [-0.25, -0.2) is 0 Å². The van der Waals surface area contributed by atoms with Gasteiger partial charge in [-0.15, -0.1) is 0 Å². The number of amides is 1. The van der Waals surface area contributed by atoms with Crippen molar-refractivity contribution in [2.75, 3.05) is 6.54 Å². The van der Waals surface area contributed by atoms with Gasteiger partial charge in [0.2, 0.25) is 5.91 Å². The fraction of sp³-hybridized carbons (Fsp3) is 0.250. The van der Waals surface area contributed by atoms with E-state index in [0.29, 0.717) is 12.1 Å². The number of hydrogen-bond acceptors (Lipinski definition) is 4. The smallest absolute Gasteiger partial charge is 0.270 e. The minimum Gasteiger partial charge on any atom is -0.352 e. The van der Waals surface area contributed by atoms with Crippen molar-refractivity contribution in [3.63, 3.8) is 0 Å². The van der Waals surface area contributed by atoms with Crippen molar-refractivity contribution < 1.29 is 9.72 Å². The summed E-state index contributed by atoms with van der Waals surface area (Å²) in [6.45, 7) is 3.26. The van der Waals surface area contributed by atoms with E-state index in [9.17, 15) is 14.9 Å². The van der Waals surface area contributed by atoms with Gasteiger partial charge in [-0.3, -0.25) is 19.6 Å². The Morgan fingerprint density at radius 3 is 2.96 bits per heavy atom. The van der Waals surface area contributed by atoms with Crippen LogP contribution < -0.4 is 5.32 Å². The Balaban J connectivity index is 1.77. The van der Waals surface area contributed by atoms with Crippen molar-refractivity contribution in [3.8, 4) is 0 Å². The Hall–Kier alpha value is -2.96. The van der Waals surface area contributed by atoms with Crippen LogP contribution >= 0.6 is 0 Å². The first-order chi connectivity index (χ1) is 11.1. The SMILES string of the molecule is Cc1ccnn1CCCNC(=O)/C=C/c1cccc([N+](=O)[O-])c1. The van der Waals surface area contributed by atoms with Gasteiger partial charge in [0, 0.05) is 43.2 Å². The Labute approximate surface area is 133 Å². The summed E-state index contributed by atoms with van der Waals surface area (Å²) in [6, 6.07) is 8.05. The lowest BCUT2D eigenvalue weighted by Crippen LogP contribution is -2.23. The summed E-state index contributed by atoms with van der Waals surface area (Å²) in [5.41, 5.74) is 1.70. The average molecular weight is 314 g/mol. The van der Waals surface area contributed by atoms with Crippen LogP contribution in [0, 0.1) is 17.0 Å². The molecule has 23 heavy (non-hydrogen) atoms. The molecule has 0 spiro atoms. The molecular formula is C16H18N4O3. The molecule has 7 nitrogen and oxygen atoms in total. The van der Waals surface area contributed by atoms with Gasteiger partial charge in [0.15, 0.2) is 0 Å². The molecule has 0 radical (unpaired) electrons. The first-order valence-corrected chi connectivity index (χ1v) is 7.25. The highest BCUT2D eigenvalue weighted by atomic mass is 16.6. The molecule has 0 aliphatic rings. The molecule has 120 valence electrons. The summed E-state index contributed by atoms with van der Waals surface area (Å²) in [6.07, 6.45) is 5.45. The van der Waals surface area contributed by atoms with Crippen LogP contribution in [0.15, 0.2) is 42.6 Å². The number of hydrogen-bond donors (Lipinski definition) is 1. The van der Waals surface area contributed by atoms with Gasteiger partial charge in [-0.05, 0) is 31.1 Å². The minimum absolute atomic E-state index is 0.00199. The van der Waals surface area contributed by atoms with E-state index in [0.717, 1.165) is 18.7 Å². The molecule has 1 N–H and O–H groups in total. The van der Waals surface area contributed by atoms with Gasteiger partial charge in [0.25, 0.3) is 5.69 Å². The summed E-state index contributed by atoms with van der Waals surface area (Å²) in [7, 11) is 0. The number of nitrogens with one attached hydrogen (secondary N) is 1. The van der Waals surface area contributed by atoms with Crippen LogP contribution in [0.1, 0.15) is 17.7 Å². The summed E-state index contributed by atoms with van der Waals surface area (Å²) in [5, 5.41) is 17.6. The van der Waals surface area contributed by atoms with Gasteiger partial charge in [0.05, 0.1) is 4.92 Å². The maximum Gasteiger partial charge on any atom is 0.270 e. The van der Waals surface area contributed by atoms with Gasteiger partial charge < -0.3 is 5.32 Å². The zero-order valence-corrected chi connectivity index (χ0v) is 12.8. The Morgan fingerprint density at radius 1 is 1.43 bits per heavy atom. The normalized spacial score (nSPS) is 10.8. The summed E-state index contributed by atoms with van der Waals surface area (Å²) >= 11 is 0. The monoisotopic (exact) mass is 314 g/mol. The number of carbonyl (C=O) groups excluding carboxylic acids is 1. The lowest BCUT2D eigenvalue weighted by atomic mass is 10.2. The number of aryl methyl sites for hydroxylation is 2. The molecule has 1 amide bonds. The third-order valence-corrected chi connectivity index (χ3v) is 3.28. The molecule has 0 aliphatic heterocycles. The predicted molar refractivity (Wildman–Crippen MR) is 86.7 cm³/mol. The van der Waals surface area contributed by atoms with Crippen LogP contribution in [-0.2, 0) is 11.3 Å². The lowest BCUT2D eigenvalue weighted by molar-refractivity contribution is -0.384. The van der Waals surface area contributed by atoms with Crippen LogP contribution in [-0.4, -0.2) is 27.2 Å². The molecule has 7 heteroatoms. The van der Waals surface area contributed by atoms with E-state index in [-0.39, 0.29) is 11.6 Å². The predicted octanol–water partition coefficient (Wildman–Crippen LogP) is 2.32. The van der Waals surface area contributed by atoms with Gasteiger partial charge in [0.1, 0.15) is 0 Å². The van der Waals surface area contributed by atoms with Crippen molar-refractivity contribution >= 4 is 17.7 Å². The zero-order chi connectivity index (χ0) is 16.7. The third kappa shape index (κ3) is 5.06. The van der Waals surface area contributed by atoms with Crippen LogP contribution in [0.2, 0.25) is 0 Å². The molecule has 0 saturated heterocycles. The van der Waals surface area contributed by atoms with Crippen LogP contribution in [0.4, 0.5) is 5.69 Å². The van der Waals surface area contributed by atoms with Crippen LogP contribution in [0.3, 0.4) is 0 Å². The molecule has 0 fully saturated rings. The van der Waals surface area contributed by atoms with Crippen LogP contribution in [0.5, 0.6) is 0 Å². The maximum absolute atomic E-state index is 11.7. The fourth-order valence-corrected chi connectivity index (χ4v) is 2.05. The van der Waals surface area contributed by atoms with E-state index in [2.05, 4.69) is 10.4 Å². The Kier molecular flexibility index (Phi) is 5.62. The molecule has 1 heterocycles. The van der Waals surface area contributed by atoms with Crippen molar-refractivity contribution in [1.29, 1.82) is 0 Å². The minimum atomic E-state index is -0.464. The van der Waals surface area contributed by atoms with E-state index in [4.69, 9.17) is 0 Å². The third-order valence-electron chi connectivity index (χ3n) is 3.28. The molecule has 0 aliphatic carbocycles. The van der Waals surface area contributed by atoms with Gasteiger partial charge >= 0.3 is 0 Å². The number of benzene rings is 1. The standard InChI is InChI=1S/C16H18N4O3/c1-13-8-10-18-19(13)11-3-9-17-16(21)7-6-14-4-2-5-15(12-14)20(22)23/h2,4-8,10,12H,3,9,11H2,1H3,(H,17,21)/b7-6+. The fourth-order valence-electron chi connectivity index (χ4n) is 2.05. The molecule has 1 aromatic heterocycles. The van der Waals surface area contributed by atoms with Crippen molar-refractivity contribution in [3.05, 3.63) is 64.0 Å². The summed E-state index contributed by atoms with van der Waals surface area (Å²) in [4.78, 5) is 21.9. The van der Waals surface area contributed by atoms with Gasteiger partial charge in [-0.2, -0.15) is 5.10 Å². The second-order valence-corrected chi connectivity index (χ2v) is 5.03. The molecule has 0 atom stereocenters. The van der Waals surface area contributed by atoms with E-state index in [1.165, 1.54) is 18.2 Å². The second kappa shape index (κ2) is 7.88. The highest BCUT2D eigenvalue weighted by Crippen LogP contribution is 2.13. The quantitative estimate of drug-likeness (QED) is 0.367. The number of nitro benzene ring substituents is 1. The molecule has 2 rings (SSSR count). The molecule has 0 bridgehead atoms. The largest absolute Gasteiger partial charge is 0.352 e. The second-order valence-electron chi connectivity index (χ2n) is 5.03. The number of carbonyl (C=O) groups is 1. The highest BCUT2D eigenvalue weighted by molar-refractivity contribution is 5.91. The zero-order valence-electron chi connectivity index (χ0n) is 12.8. The number of rotatable bonds is 7. The Bertz CT molecular complexity index is 722. The molecule has 2 aromatic rings. The summed E-state index contributed by atoms with van der Waals surface area (Å²) in [5.74, 6) is -0.228. The van der Waals surface area contributed by atoms with Crippen molar-refractivity contribution in [1.82, 2.24) is 15.1 Å². The highest BCUT2D eigenvalue weighted by Gasteiger charge is 2.04. The van der Waals surface area contributed by atoms with E-state index >= 15 is 0 Å². The van der Waals surface area contributed by atoms with E-state index < -0.39 is 4.92 Å². The van der Waals surface area contributed by atoms with Gasteiger partial charge in [-0.1, -0.05) is 12.1 Å². The van der Waals surface area contributed by atoms with Crippen molar-refractivity contribution in [2.45, 2.75) is 19.9 Å². The van der Waals surface area contributed by atoms with Crippen LogP contribution in [0.25, 0.3) is 6.08 Å². The van der Waals surface area contributed by atoms with E-state index in [1.54, 1.807) is 24.4 Å². The first kappa shape index (κ1) is 16.4. The number of nitrogens with zero attached hydrogens (tertiary/aromatic N) is 3. The lowest BCUT2D eigenvalue weighted by Gasteiger charge is -2.04. The average Bonchev–Trinajstić information content (AvgIpc) is 2.95. The first-order valence-electron chi connectivity index (χ1n) is 7.25. The molecular weight excluding hydrogens is 296 g/mol. The molecule has 1 aromatic carbocycles. The number of non-ortho nitro benzene ring substituents is 1. The molecule has 0 unspecified atom stereocenters. The van der Waals surface area contributed by atoms with Crippen molar-refractivity contribution in [2.24, 2.45) is 0 Å². The summed E-state index contributed by atoms with van der Waals surface area (Å²) < 4.78 is 1.88. The maximum atomic E-state index is 11.7. The number of aromatic nitrogens is 2. The van der Waals surface area contributed by atoms with E-state index in [1.807, 2.05) is 17.7 Å². The molecule has 0 saturated carbocycles. The Morgan fingerprint density at radius 2 is 2.26 bits per heavy atom.